The minimum absolute atomic E-state index is 0. The van der Waals surface area contributed by atoms with Crippen molar-refractivity contribution in [2.24, 2.45) is 0 Å². The van der Waals surface area contributed by atoms with Crippen LogP contribution in [0.2, 0.25) is 0 Å². The maximum Gasteiger partial charge on any atom is 2.00 e. The zero-order valence-corrected chi connectivity index (χ0v) is 49.0. The van der Waals surface area contributed by atoms with Gasteiger partial charge in [0.2, 0.25) is 0 Å². The molecule has 0 spiro atoms. The minimum atomic E-state index is -0.886. The number of carbonyl (C=O) groups excluding carboxylic acids is 2. The summed E-state index contributed by atoms with van der Waals surface area (Å²) in [7, 11) is 0. The number of hydrogen-bond acceptors (Lipinski definition) is 6. The molecule has 0 aliphatic rings. The first kappa shape index (κ1) is 71.4. The number of carboxylic acids is 2. The number of rotatable bonds is 54. The molecule has 0 rings (SSSR count). The molecule has 0 saturated carbocycles. The summed E-state index contributed by atoms with van der Waals surface area (Å²) in [6.45, 7) is 16.7. The molecule has 0 N–H and O–H groups in total. The van der Waals surface area contributed by atoms with Gasteiger partial charge in [0.15, 0.2) is 0 Å². The Balaban J connectivity index is -0.00000120. The Morgan fingerprint density at radius 1 is 0.269 bits per heavy atom. The van der Waals surface area contributed by atoms with Gasteiger partial charge in [0.05, 0.1) is 11.9 Å². The van der Waals surface area contributed by atoms with Crippen molar-refractivity contribution in [2.45, 2.75) is 349 Å². The summed E-state index contributed by atoms with van der Waals surface area (Å²) in [5, 5.41) is 23.2. The molecular weight excluding hydrogens is 853 g/mol. The summed E-state index contributed by atoms with van der Waals surface area (Å²) < 4.78 is 0. The maximum absolute atomic E-state index is 11.6. The Bertz CT molecular complexity index is 827. The van der Waals surface area contributed by atoms with E-state index >= 15 is 0 Å². The number of unbranched alkanes of at least 4 members (excludes halogenated alkanes) is 40. The third-order valence-electron chi connectivity index (χ3n) is 14.4. The van der Waals surface area contributed by atoms with Gasteiger partial charge in [-0.05, 0) is 64.7 Å². The molecule has 0 radical (unpaired) electrons. The number of aliphatic carboxylic acids is 2. The van der Waals surface area contributed by atoms with Gasteiger partial charge >= 0.3 is 37.7 Å². The number of nitrogens with zero attached hydrogens (tertiary/aromatic N) is 2. The van der Waals surface area contributed by atoms with Gasteiger partial charge in [0.1, 0.15) is 0 Å². The van der Waals surface area contributed by atoms with Gasteiger partial charge < -0.3 is 19.8 Å². The number of hydrogen-bond donors (Lipinski definition) is 0. The van der Waals surface area contributed by atoms with Crippen molar-refractivity contribution in [2.75, 3.05) is 26.2 Å². The second-order valence-corrected chi connectivity index (χ2v) is 20.7. The smallest absolute Gasteiger partial charge is 0.548 e. The maximum atomic E-state index is 11.6. The van der Waals surface area contributed by atoms with Crippen LogP contribution in [0.25, 0.3) is 0 Å². The Morgan fingerprint density at radius 3 is 0.522 bits per heavy atom. The van der Waals surface area contributed by atoms with Gasteiger partial charge in [-0.1, -0.05) is 298 Å². The van der Waals surface area contributed by atoms with Crippen molar-refractivity contribution in [3.05, 3.63) is 0 Å². The summed E-state index contributed by atoms with van der Waals surface area (Å²) in [5.74, 6) is -1.77. The summed E-state index contributed by atoms with van der Waals surface area (Å²) in [6.07, 6.45) is 60.0. The molecule has 0 aromatic carbocycles. The molecule has 2 atom stereocenters. The second-order valence-electron chi connectivity index (χ2n) is 20.7. The molecule has 0 amide bonds. The normalized spacial score (nSPS) is 12.3. The van der Waals surface area contributed by atoms with E-state index in [0.29, 0.717) is 12.8 Å². The minimum Gasteiger partial charge on any atom is -0.548 e. The fraction of sp³-hybridized carbons (Fsp3) is 0.967. The Kier molecular flexibility index (Phi) is 64.4. The number of carboxylic acid groups (broad SMARTS) is 2. The molecule has 0 aromatic rings. The molecule has 2 unspecified atom stereocenters. The molecule has 0 aliphatic heterocycles. The molecule has 6 nitrogen and oxygen atoms in total. The summed E-state index contributed by atoms with van der Waals surface area (Å²) >= 11 is 0. The van der Waals surface area contributed by atoms with E-state index in [1.807, 2.05) is 13.8 Å². The van der Waals surface area contributed by atoms with Crippen LogP contribution in [0.4, 0.5) is 0 Å². The van der Waals surface area contributed by atoms with Crippen molar-refractivity contribution in [3.63, 3.8) is 0 Å². The monoisotopic (exact) mass is 973 g/mol. The van der Waals surface area contributed by atoms with Crippen LogP contribution in [0.5, 0.6) is 0 Å². The van der Waals surface area contributed by atoms with Crippen LogP contribution < -0.4 is 10.2 Å². The average Bonchev–Trinajstić information content (AvgIpc) is 3.30. The zero-order chi connectivity index (χ0) is 48.8. The third-order valence-corrected chi connectivity index (χ3v) is 14.4. The molecule has 0 bridgehead atoms. The van der Waals surface area contributed by atoms with E-state index in [2.05, 4.69) is 37.5 Å². The van der Waals surface area contributed by atoms with Crippen molar-refractivity contribution < 1.29 is 19.8 Å². The first-order valence-corrected chi connectivity index (χ1v) is 30.2. The molecule has 0 fully saturated rings. The predicted octanol–water partition coefficient (Wildman–Crippen LogP) is 16.5. The first-order valence-electron chi connectivity index (χ1n) is 30.2. The Labute approximate surface area is 451 Å². The van der Waals surface area contributed by atoms with Gasteiger partial charge in [0, 0.05) is 12.1 Å². The standard InChI is InChI=1S/2C30H61NO2.Ca/c2*1-4-7-9-11-13-15-17-19-21-23-25-27-31(29(6-3)30(32)33)28-26-24-22-20-18-16-14-12-10-8-5-2;/h2*29H,4-28H2,1-3H3,(H,32,33);/q;;+2/p-2. The van der Waals surface area contributed by atoms with Gasteiger partial charge in [-0.2, -0.15) is 0 Å². The summed E-state index contributed by atoms with van der Waals surface area (Å²) in [4.78, 5) is 27.7. The first-order chi connectivity index (χ1) is 32.3. The largest absolute Gasteiger partial charge is 2.00 e. The molecule has 0 heterocycles. The van der Waals surface area contributed by atoms with Gasteiger partial charge in [-0.15, -0.1) is 0 Å². The van der Waals surface area contributed by atoms with Gasteiger partial charge in [-0.25, -0.2) is 0 Å². The Morgan fingerprint density at radius 2 is 0.403 bits per heavy atom. The van der Waals surface area contributed by atoms with Crippen LogP contribution in [0.1, 0.15) is 337 Å². The zero-order valence-electron chi connectivity index (χ0n) is 46.7. The quantitative estimate of drug-likeness (QED) is 0.0446. The topological polar surface area (TPSA) is 86.7 Å². The molecule has 0 saturated heterocycles. The van der Waals surface area contributed by atoms with E-state index in [4.69, 9.17) is 0 Å². The van der Waals surface area contributed by atoms with Crippen LogP contribution >= 0.6 is 0 Å². The van der Waals surface area contributed by atoms with Crippen molar-refractivity contribution in [1.29, 1.82) is 0 Å². The van der Waals surface area contributed by atoms with Gasteiger partial charge in [-0.3, -0.25) is 9.80 Å². The molecule has 0 aliphatic carbocycles. The summed E-state index contributed by atoms with van der Waals surface area (Å²) in [6, 6.07) is -0.813. The second kappa shape index (κ2) is 60.4. The van der Waals surface area contributed by atoms with E-state index in [9.17, 15) is 19.8 Å². The van der Waals surface area contributed by atoms with Crippen molar-refractivity contribution >= 4 is 49.7 Å². The van der Waals surface area contributed by atoms with Gasteiger partial charge in [0.25, 0.3) is 0 Å². The SMILES string of the molecule is CCCCCCCCCCCCCN(CCCCCCCCCCCCC)C(CC)C(=O)[O-].CCCCCCCCCCCCCN(CCCCCCCCCCCCC)C(CC)C(=O)[O-].[Ca+2]. The van der Waals surface area contributed by atoms with Crippen LogP contribution in [0, 0.1) is 0 Å². The summed E-state index contributed by atoms with van der Waals surface area (Å²) in [5.41, 5.74) is 0. The Hall–Kier alpha value is 0.120. The van der Waals surface area contributed by atoms with E-state index in [1.165, 1.54) is 257 Å². The fourth-order valence-electron chi connectivity index (χ4n) is 9.91. The average molecular weight is 974 g/mol. The van der Waals surface area contributed by atoms with Crippen LogP contribution in [0.3, 0.4) is 0 Å². The van der Waals surface area contributed by atoms with E-state index < -0.39 is 24.0 Å². The van der Waals surface area contributed by atoms with Crippen LogP contribution in [0.15, 0.2) is 0 Å². The third kappa shape index (κ3) is 52.3. The van der Waals surface area contributed by atoms with Crippen molar-refractivity contribution in [3.8, 4) is 0 Å². The predicted molar refractivity (Wildman–Crippen MR) is 293 cm³/mol. The van der Waals surface area contributed by atoms with Crippen molar-refractivity contribution in [1.82, 2.24) is 9.80 Å². The van der Waals surface area contributed by atoms with E-state index in [-0.39, 0.29) is 37.7 Å². The van der Waals surface area contributed by atoms with Crippen LogP contribution in [-0.2, 0) is 9.59 Å². The molecular formula is C60H120CaN2O4. The molecule has 396 valence electrons. The molecule has 7 heteroatoms. The fourth-order valence-corrected chi connectivity index (χ4v) is 9.91. The molecule has 67 heavy (non-hydrogen) atoms. The van der Waals surface area contributed by atoms with E-state index in [1.54, 1.807) is 0 Å². The van der Waals surface area contributed by atoms with Crippen LogP contribution in [-0.4, -0.2) is 97.7 Å². The number of carbonyl (C=O) groups is 2. The molecule has 0 aromatic heterocycles. The van der Waals surface area contributed by atoms with E-state index in [0.717, 1.165) is 51.9 Å².